The Labute approximate surface area is 174 Å². The van der Waals surface area contributed by atoms with Gasteiger partial charge in [0, 0.05) is 23.2 Å². The smallest absolute Gasteiger partial charge is 0.222 e. The summed E-state index contributed by atoms with van der Waals surface area (Å²) in [5.41, 5.74) is 5.44. The standard InChI is InChI=1S/C23H22ClN3O2/c1-13-4-10-17-18(11-5-13)22(15-6-8-16(24)9-7-15)26-19(12-20(28)25-3)23-21(17)14(2)27-29-23/h4-11,13,19H,12H2,1-3H3,(H,25,28)/t13?,19-/m0/s1. The van der Waals surface area contributed by atoms with Gasteiger partial charge in [0.15, 0.2) is 5.76 Å². The van der Waals surface area contributed by atoms with Crippen LogP contribution in [0.3, 0.4) is 0 Å². The molecule has 4 rings (SSSR count). The number of rotatable bonds is 3. The van der Waals surface area contributed by atoms with Crippen LogP contribution in [0.15, 0.2) is 63.7 Å². The third-order valence-electron chi connectivity index (χ3n) is 5.20. The summed E-state index contributed by atoms with van der Waals surface area (Å²) in [4.78, 5) is 17.2. The summed E-state index contributed by atoms with van der Waals surface area (Å²) >= 11 is 6.10. The van der Waals surface area contributed by atoms with Crippen molar-refractivity contribution in [3.8, 4) is 0 Å². The Kier molecular flexibility index (Phi) is 5.24. The molecule has 2 aliphatic rings. The van der Waals surface area contributed by atoms with E-state index in [1.807, 2.05) is 31.2 Å². The van der Waals surface area contributed by atoms with Crippen LogP contribution in [0.25, 0.3) is 5.57 Å². The number of aliphatic imine (C=N–C) groups is 1. The number of halogens is 1. The lowest BCUT2D eigenvalue weighted by Gasteiger charge is -2.12. The van der Waals surface area contributed by atoms with E-state index >= 15 is 0 Å². The number of fused-ring (bicyclic) bond motifs is 2. The predicted octanol–water partition coefficient (Wildman–Crippen LogP) is 4.83. The number of hydrogen-bond acceptors (Lipinski definition) is 4. The van der Waals surface area contributed by atoms with E-state index in [1.165, 1.54) is 0 Å². The lowest BCUT2D eigenvalue weighted by atomic mass is 9.93. The summed E-state index contributed by atoms with van der Waals surface area (Å²) in [6.07, 6.45) is 8.68. The van der Waals surface area contributed by atoms with E-state index in [9.17, 15) is 4.79 Å². The monoisotopic (exact) mass is 407 g/mol. The molecule has 1 N–H and O–H groups in total. The molecule has 29 heavy (non-hydrogen) atoms. The molecule has 1 aromatic heterocycles. The van der Waals surface area contributed by atoms with Crippen LogP contribution >= 0.6 is 11.6 Å². The molecule has 2 aromatic rings. The Morgan fingerprint density at radius 2 is 1.86 bits per heavy atom. The minimum atomic E-state index is -0.469. The molecule has 0 fully saturated rings. The number of aryl methyl sites for hydroxylation is 1. The zero-order chi connectivity index (χ0) is 20.5. The van der Waals surface area contributed by atoms with E-state index < -0.39 is 6.04 Å². The van der Waals surface area contributed by atoms with Crippen molar-refractivity contribution in [1.29, 1.82) is 0 Å². The largest absolute Gasteiger partial charge is 0.359 e. The van der Waals surface area contributed by atoms with Gasteiger partial charge in [-0.15, -0.1) is 0 Å². The molecular weight excluding hydrogens is 386 g/mol. The second-order valence-corrected chi connectivity index (χ2v) is 7.73. The van der Waals surface area contributed by atoms with Gasteiger partial charge in [0.05, 0.1) is 23.4 Å². The summed E-state index contributed by atoms with van der Waals surface area (Å²) in [7, 11) is 1.62. The van der Waals surface area contributed by atoms with Gasteiger partial charge >= 0.3 is 0 Å². The van der Waals surface area contributed by atoms with Gasteiger partial charge in [0.25, 0.3) is 0 Å². The highest BCUT2D eigenvalue weighted by molar-refractivity contribution is 6.31. The Morgan fingerprint density at radius 3 is 2.55 bits per heavy atom. The molecule has 0 radical (unpaired) electrons. The number of aromatic nitrogens is 1. The van der Waals surface area contributed by atoms with E-state index in [0.717, 1.165) is 33.7 Å². The number of carbonyl (C=O) groups excluding carboxylic acids is 1. The molecule has 2 atom stereocenters. The molecule has 1 aromatic carbocycles. The quantitative estimate of drug-likeness (QED) is 0.792. The van der Waals surface area contributed by atoms with Crippen molar-refractivity contribution in [1.82, 2.24) is 10.5 Å². The van der Waals surface area contributed by atoms with Crippen LogP contribution < -0.4 is 5.32 Å². The highest BCUT2D eigenvalue weighted by Gasteiger charge is 2.32. The summed E-state index contributed by atoms with van der Waals surface area (Å²) < 4.78 is 5.69. The minimum Gasteiger partial charge on any atom is -0.359 e. The van der Waals surface area contributed by atoms with Crippen molar-refractivity contribution in [3.05, 3.63) is 81.7 Å². The molecule has 1 amide bonds. The number of carbonyl (C=O) groups is 1. The van der Waals surface area contributed by atoms with Crippen molar-refractivity contribution in [3.63, 3.8) is 0 Å². The average Bonchev–Trinajstić information content (AvgIpc) is 2.91. The third-order valence-corrected chi connectivity index (χ3v) is 5.45. The van der Waals surface area contributed by atoms with E-state index in [-0.39, 0.29) is 12.3 Å². The van der Waals surface area contributed by atoms with E-state index in [2.05, 4.69) is 41.7 Å². The maximum absolute atomic E-state index is 12.2. The lowest BCUT2D eigenvalue weighted by molar-refractivity contribution is -0.121. The van der Waals surface area contributed by atoms with E-state index in [0.29, 0.717) is 16.7 Å². The van der Waals surface area contributed by atoms with Crippen LogP contribution in [0.4, 0.5) is 0 Å². The van der Waals surface area contributed by atoms with Gasteiger partial charge in [-0.3, -0.25) is 9.79 Å². The average molecular weight is 408 g/mol. The summed E-state index contributed by atoms with van der Waals surface area (Å²) in [6.45, 7) is 4.05. The number of allylic oxidation sites excluding steroid dienone is 6. The first-order valence-electron chi connectivity index (χ1n) is 9.60. The van der Waals surface area contributed by atoms with Crippen molar-refractivity contribution in [2.24, 2.45) is 10.9 Å². The van der Waals surface area contributed by atoms with Crippen molar-refractivity contribution < 1.29 is 9.32 Å². The zero-order valence-corrected chi connectivity index (χ0v) is 17.3. The van der Waals surface area contributed by atoms with Crippen LogP contribution in [0.5, 0.6) is 0 Å². The summed E-state index contributed by atoms with van der Waals surface area (Å²) in [5, 5.41) is 7.53. The zero-order valence-electron chi connectivity index (χ0n) is 16.6. The van der Waals surface area contributed by atoms with Gasteiger partial charge < -0.3 is 9.84 Å². The number of hydrogen-bond donors (Lipinski definition) is 1. The Bertz CT molecular complexity index is 1070. The van der Waals surface area contributed by atoms with Crippen LogP contribution in [-0.4, -0.2) is 23.8 Å². The molecule has 0 saturated heterocycles. The van der Waals surface area contributed by atoms with Crippen molar-refractivity contribution in [2.45, 2.75) is 26.3 Å². The maximum Gasteiger partial charge on any atom is 0.222 e. The molecule has 0 saturated carbocycles. The Morgan fingerprint density at radius 1 is 1.17 bits per heavy atom. The molecule has 0 spiro atoms. The molecular formula is C23H22ClN3O2. The predicted molar refractivity (Wildman–Crippen MR) is 115 cm³/mol. The first kappa shape index (κ1) is 19.4. The van der Waals surface area contributed by atoms with Gasteiger partial charge in [0.1, 0.15) is 6.04 Å². The molecule has 1 aliphatic heterocycles. The van der Waals surface area contributed by atoms with E-state index in [4.69, 9.17) is 21.1 Å². The van der Waals surface area contributed by atoms with Crippen molar-refractivity contribution >= 4 is 28.8 Å². The topological polar surface area (TPSA) is 67.5 Å². The van der Waals surface area contributed by atoms with Crippen LogP contribution in [0.2, 0.25) is 5.02 Å². The summed E-state index contributed by atoms with van der Waals surface area (Å²) in [5.74, 6) is 0.805. The fourth-order valence-electron chi connectivity index (χ4n) is 3.64. The Balaban J connectivity index is 1.98. The molecule has 5 nitrogen and oxygen atoms in total. The lowest BCUT2D eigenvalue weighted by Crippen LogP contribution is -2.20. The number of benzene rings is 1. The second kappa shape index (κ2) is 7.84. The van der Waals surface area contributed by atoms with Gasteiger partial charge in [-0.1, -0.05) is 60.1 Å². The SMILES string of the molecule is CNC(=O)C[C@@H]1N=C(c2ccc(Cl)cc2)C2=C(C=CC(C)C=C2)c2c(C)noc21. The number of amides is 1. The van der Waals surface area contributed by atoms with Gasteiger partial charge in [-0.2, -0.15) is 0 Å². The number of nitrogens with one attached hydrogen (secondary N) is 1. The molecule has 2 heterocycles. The van der Waals surface area contributed by atoms with Crippen LogP contribution in [0.1, 0.15) is 42.0 Å². The maximum atomic E-state index is 12.2. The molecule has 0 bridgehead atoms. The summed E-state index contributed by atoms with van der Waals surface area (Å²) in [6, 6.07) is 7.13. The normalized spacial score (nSPS) is 20.5. The van der Waals surface area contributed by atoms with Gasteiger partial charge in [0.2, 0.25) is 5.91 Å². The molecule has 148 valence electrons. The fraction of sp³-hybridized carbons (Fsp3) is 0.261. The molecule has 1 aliphatic carbocycles. The molecule has 6 heteroatoms. The van der Waals surface area contributed by atoms with Crippen molar-refractivity contribution in [2.75, 3.05) is 7.05 Å². The highest BCUT2D eigenvalue weighted by Crippen LogP contribution is 2.40. The van der Waals surface area contributed by atoms with E-state index in [1.54, 1.807) is 7.05 Å². The van der Waals surface area contributed by atoms with Crippen LogP contribution in [0, 0.1) is 12.8 Å². The highest BCUT2D eigenvalue weighted by atomic mass is 35.5. The molecule has 1 unspecified atom stereocenters. The third kappa shape index (κ3) is 3.70. The first-order valence-corrected chi connectivity index (χ1v) is 9.97. The first-order chi connectivity index (χ1) is 14.0. The van der Waals surface area contributed by atoms with Gasteiger partial charge in [-0.05, 0) is 30.5 Å². The fourth-order valence-corrected chi connectivity index (χ4v) is 3.77. The Hall–Kier alpha value is -2.92. The number of nitrogens with zero attached hydrogens (tertiary/aromatic N) is 2. The second-order valence-electron chi connectivity index (χ2n) is 7.29. The van der Waals surface area contributed by atoms with Crippen LogP contribution in [-0.2, 0) is 4.79 Å². The minimum absolute atomic E-state index is 0.106. The van der Waals surface area contributed by atoms with Gasteiger partial charge in [-0.25, -0.2) is 0 Å².